The van der Waals surface area contributed by atoms with Crippen molar-refractivity contribution in [1.82, 2.24) is 15.2 Å². The lowest BCUT2D eigenvalue weighted by Crippen LogP contribution is -2.15. The van der Waals surface area contributed by atoms with Crippen molar-refractivity contribution < 1.29 is 18.7 Å². The van der Waals surface area contributed by atoms with E-state index in [0.29, 0.717) is 42.3 Å². The third kappa shape index (κ3) is 4.05. The Hall–Kier alpha value is -3.24. The molecular weight excluding hydrogens is 424 g/mol. The van der Waals surface area contributed by atoms with E-state index in [0.717, 1.165) is 22.6 Å². The van der Waals surface area contributed by atoms with Crippen LogP contribution in [0.5, 0.6) is 11.5 Å². The standard InChI is InChI=1S/C20H16N4O4S2/c25-17(3-4-18-23-24-19(28-18)13-5-8-29-10-13)22-20-21-14(11-30-20)12-1-2-15-16(9-12)27-7-6-26-15/h1-2,5,8-11H,3-4,6-7H2,(H,21,22,25). The molecule has 30 heavy (non-hydrogen) atoms. The topological polar surface area (TPSA) is 99.4 Å². The minimum Gasteiger partial charge on any atom is -0.486 e. The molecule has 8 nitrogen and oxygen atoms in total. The highest BCUT2D eigenvalue weighted by molar-refractivity contribution is 7.14. The summed E-state index contributed by atoms with van der Waals surface area (Å²) in [6.45, 7) is 1.09. The van der Waals surface area contributed by atoms with Gasteiger partial charge in [0.1, 0.15) is 13.2 Å². The average molecular weight is 441 g/mol. The van der Waals surface area contributed by atoms with Crippen molar-refractivity contribution in [3.8, 4) is 34.2 Å². The van der Waals surface area contributed by atoms with E-state index in [1.807, 2.05) is 40.4 Å². The maximum absolute atomic E-state index is 12.3. The van der Waals surface area contributed by atoms with Gasteiger partial charge in [-0.1, -0.05) is 0 Å². The number of amides is 1. The molecule has 0 atom stereocenters. The third-order valence-corrected chi connectivity index (χ3v) is 5.83. The predicted molar refractivity (Wildman–Crippen MR) is 113 cm³/mol. The second-order valence-corrected chi connectivity index (χ2v) is 8.10. The van der Waals surface area contributed by atoms with Gasteiger partial charge in [-0.2, -0.15) is 11.3 Å². The molecule has 1 amide bonds. The molecule has 0 bridgehead atoms. The summed E-state index contributed by atoms with van der Waals surface area (Å²) < 4.78 is 16.8. The molecule has 1 N–H and O–H groups in total. The molecule has 0 fully saturated rings. The van der Waals surface area contributed by atoms with Gasteiger partial charge in [-0.3, -0.25) is 4.79 Å². The highest BCUT2D eigenvalue weighted by atomic mass is 32.1. The number of nitrogens with zero attached hydrogens (tertiary/aromatic N) is 3. The average Bonchev–Trinajstić information content (AvgIpc) is 3.53. The number of anilines is 1. The molecule has 5 rings (SSSR count). The van der Waals surface area contributed by atoms with Crippen LogP contribution in [-0.4, -0.2) is 34.3 Å². The minimum atomic E-state index is -0.159. The van der Waals surface area contributed by atoms with Gasteiger partial charge in [0, 0.05) is 34.7 Å². The second-order valence-electron chi connectivity index (χ2n) is 6.46. The predicted octanol–water partition coefficient (Wildman–Crippen LogP) is 4.26. The number of thiophene rings is 1. The Morgan fingerprint density at radius 3 is 2.83 bits per heavy atom. The Morgan fingerprint density at radius 1 is 1.07 bits per heavy atom. The lowest BCUT2D eigenvalue weighted by atomic mass is 10.1. The number of ether oxygens (including phenoxy) is 2. The molecule has 4 heterocycles. The van der Waals surface area contributed by atoms with Crippen molar-refractivity contribution in [2.45, 2.75) is 12.8 Å². The summed E-state index contributed by atoms with van der Waals surface area (Å²) in [6.07, 6.45) is 0.591. The zero-order valence-corrected chi connectivity index (χ0v) is 17.3. The van der Waals surface area contributed by atoms with Crippen molar-refractivity contribution in [3.63, 3.8) is 0 Å². The van der Waals surface area contributed by atoms with Crippen LogP contribution in [0.1, 0.15) is 12.3 Å². The summed E-state index contributed by atoms with van der Waals surface area (Å²) in [5, 5.41) is 17.2. The lowest BCUT2D eigenvalue weighted by molar-refractivity contribution is -0.116. The molecule has 0 aliphatic carbocycles. The summed E-state index contributed by atoms with van der Waals surface area (Å²) in [6, 6.07) is 7.61. The number of fused-ring (bicyclic) bond motifs is 1. The zero-order chi connectivity index (χ0) is 20.3. The summed E-state index contributed by atoms with van der Waals surface area (Å²) in [5.74, 6) is 2.18. The van der Waals surface area contributed by atoms with Gasteiger partial charge in [-0.05, 0) is 29.6 Å². The summed E-state index contributed by atoms with van der Waals surface area (Å²) in [5.41, 5.74) is 2.56. The first kappa shape index (κ1) is 18.8. The van der Waals surface area contributed by atoms with E-state index >= 15 is 0 Å². The van der Waals surface area contributed by atoms with Crippen LogP contribution in [0, 0.1) is 0 Å². The van der Waals surface area contributed by atoms with E-state index in [1.165, 1.54) is 11.3 Å². The van der Waals surface area contributed by atoms with Crippen molar-refractivity contribution in [1.29, 1.82) is 0 Å². The number of rotatable bonds is 6. The van der Waals surface area contributed by atoms with E-state index < -0.39 is 0 Å². The van der Waals surface area contributed by atoms with Crippen LogP contribution in [0.25, 0.3) is 22.7 Å². The van der Waals surface area contributed by atoms with Crippen molar-refractivity contribution in [2.24, 2.45) is 0 Å². The van der Waals surface area contributed by atoms with Gasteiger partial charge in [0.05, 0.1) is 5.69 Å². The molecule has 1 aliphatic rings. The fourth-order valence-electron chi connectivity index (χ4n) is 2.93. The Labute approximate surface area is 179 Å². The number of thiazole rings is 1. The van der Waals surface area contributed by atoms with Crippen LogP contribution in [0.4, 0.5) is 5.13 Å². The molecule has 0 unspecified atom stereocenters. The van der Waals surface area contributed by atoms with Gasteiger partial charge in [0.25, 0.3) is 0 Å². The molecule has 10 heteroatoms. The van der Waals surface area contributed by atoms with Crippen LogP contribution in [0.15, 0.2) is 44.8 Å². The number of benzene rings is 1. The number of carbonyl (C=O) groups excluding carboxylic acids is 1. The molecular formula is C20H16N4O4S2. The SMILES string of the molecule is O=C(CCc1nnc(-c2ccsc2)o1)Nc1nc(-c2ccc3c(c2)OCCO3)cs1. The fraction of sp³-hybridized carbons (Fsp3) is 0.200. The number of aromatic nitrogens is 3. The highest BCUT2D eigenvalue weighted by Crippen LogP contribution is 2.35. The van der Waals surface area contributed by atoms with Gasteiger partial charge < -0.3 is 19.2 Å². The van der Waals surface area contributed by atoms with Gasteiger partial charge in [0.15, 0.2) is 16.6 Å². The molecule has 1 aliphatic heterocycles. The van der Waals surface area contributed by atoms with E-state index in [9.17, 15) is 4.79 Å². The van der Waals surface area contributed by atoms with Gasteiger partial charge in [-0.25, -0.2) is 4.98 Å². The van der Waals surface area contributed by atoms with Crippen LogP contribution < -0.4 is 14.8 Å². The third-order valence-electron chi connectivity index (χ3n) is 4.39. The summed E-state index contributed by atoms with van der Waals surface area (Å²) >= 11 is 2.93. The van der Waals surface area contributed by atoms with Crippen LogP contribution in [0.2, 0.25) is 0 Å². The molecule has 0 spiro atoms. The molecule has 0 radical (unpaired) electrons. The first-order valence-corrected chi connectivity index (χ1v) is 11.1. The summed E-state index contributed by atoms with van der Waals surface area (Å²) in [7, 11) is 0. The van der Waals surface area contributed by atoms with Crippen molar-refractivity contribution >= 4 is 33.7 Å². The fourth-order valence-corrected chi connectivity index (χ4v) is 4.29. The number of aryl methyl sites for hydroxylation is 1. The quantitative estimate of drug-likeness (QED) is 0.478. The van der Waals surface area contributed by atoms with E-state index in [-0.39, 0.29) is 12.3 Å². The first-order valence-electron chi connectivity index (χ1n) is 9.25. The van der Waals surface area contributed by atoms with E-state index in [1.54, 1.807) is 11.3 Å². The smallest absolute Gasteiger partial charge is 0.248 e. The highest BCUT2D eigenvalue weighted by Gasteiger charge is 2.15. The molecule has 3 aromatic heterocycles. The second kappa shape index (κ2) is 8.25. The maximum atomic E-state index is 12.3. The van der Waals surface area contributed by atoms with Gasteiger partial charge in [-0.15, -0.1) is 21.5 Å². The number of carbonyl (C=O) groups is 1. The molecule has 0 saturated carbocycles. The van der Waals surface area contributed by atoms with Crippen molar-refractivity contribution in [2.75, 3.05) is 18.5 Å². The van der Waals surface area contributed by atoms with Crippen molar-refractivity contribution in [3.05, 3.63) is 46.3 Å². The monoisotopic (exact) mass is 440 g/mol. The summed E-state index contributed by atoms with van der Waals surface area (Å²) in [4.78, 5) is 16.8. The van der Waals surface area contributed by atoms with Crippen LogP contribution >= 0.6 is 22.7 Å². The van der Waals surface area contributed by atoms with Crippen LogP contribution in [-0.2, 0) is 11.2 Å². The molecule has 0 saturated heterocycles. The maximum Gasteiger partial charge on any atom is 0.248 e. The number of hydrogen-bond acceptors (Lipinski definition) is 9. The molecule has 1 aromatic carbocycles. The van der Waals surface area contributed by atoms with Gasteiger partial charge >= 0.3 is 0 Å². The Kier molecular flexibility index (Phi) is 5.16. The largest absolute Gasteiger partial charge is 0.486 e. The molecule has 152 valence electrons. The lowest BCUT2D eigenvalue weighted by Gasteiger charge is -2.18. The van der Waals surface area contributed by atoms with Crippen LogP contribution in [0.3, 0.4) is 0 Å². The minimum absolute atomic E-state index is 0.159. The van der Waals surface area contributed by atoms with Gasteiger partial charge in [0.2, 0.25) is 17.7 Å². The van der Waals surface area contributed by atoms with E-state index in [2.05, 4.69) is 20.5 Å². The Bertz CT molecular complexity index is 1170. The van der Waals surface area contributed by atoms with E-state index in [4.69, 9.17) is 13.9 Å². The Balaban J connectivity index is 1.19. The number of nitrogens with one attached hydrogen (secondary N) is 1. The zero-order valence-electron chi connectivity index (χ0n) is 15.7. The number of hydrogen-bond donors (Lipinski definition) is 1. The normalized spacial score (nSPS) is 12.7. The first-order chi connectivity index (χ1) is 14.7. The molecule has 4 aromatic rings. The Morgan fingerprint density at radius 2 is 1.97 bits per heavy atom.